The van der Waals surface area contributed by atoms with Crippen molar-refractivity contribution in [3.8, 4) is 0 Å². The minimum absolute atomic E-state index is 0.802. The molecule has 1 fully saturated rings. The molecule has 0 N–H and O–H groups in total. The summed E-state index contributed by atoms with van der Waals surface area (Å²) >= 11 is 5.71. The topological polar surface area (TPSA) is 3.24 Å². The molecule has 1 rings (SSSR count). The molecule has 0 aromatic rings. The number of alkyl halides is 1. The van der Waals surface area contributed by atoms with Crippen molar-refractivity contribution in [1.82, 2.24) is 4.90 Å². The average molecular weight is 204 g/mol. The maximum absolute atomic E-state index is 5.71. The van der Waals surface area contributed by atoms with Crippen LogP contribution < -0.4 is 0 Å². The number of rotatable bonds is 5. The van der Waals surface area contributed by atoms with Gasteiger partial charge < -0.3 is 4.90 Å². The Bertz CT molecular complexity index is 136. The third-order valence-corrected chi connectivity index (χ3v) is 3.04. The molecule has 1 nitrogen and oxygen atoms in total. The summed E-state index contributed by atoms with van der Waals surface area (Å²) in [7, 11) is 0. The van der Waals surface area contributed by atoms with Crippen molar-refractivity contribution < 1.29 is 0 Å². The van der Waals surface area contributed by atoms with Crippen LogP contribution in [-0.4, -0.2) is 29.9 Å². The van der Waals surface area contributed by atoms with Crippen LogP contribution in [0.2, 0.25) is 0 Å². The Balaban J connectivity index is 2.26. The molecule has 0 radical (unpaired) electrons. The molecule has 0 spiro atoms. The van der Waals surface area contributed by atoms with Gasteiger partial charge in [-0.1, -0.05) is 13.8 Å². The van der Waals surface area contributed by atoms with Crippen molar-refractivity contribution >= 4 is 11.6 Å². The summed E-state index contributed by atoms with van der Waals surface area (Å²) in [5, 5.41) is 0. The van der Waals surface area contributed by atoms with E-state index in [2.05, 4.69) is 18.7 Å². The SMILES string of the molecule is CC(C)CN1CCCC1CCCCl. The Morgan fingerprint density at radius 2 is 2.23 bits per heavy atom. The first-order valence-electron chi connectivity index (χ1n) is 5.54. The lowest BCUT2D eigenvalue weighted by Gasteiger charge is -2.25. The number of likely N-dealkylation sites (tertiary alicyclic amines) is 1. The quantitative estimate of drug-likeness (QED) is 0.621. The van der Waals surface area contributed by atoms with E-state index in [4.69, 9.17) is 11.6 Å². The third-order valence-electron chi connectivity index (χ3n) is 2.77. The molecule has 1 atom stereocenters. The standard InChI is InChI=1S/C11H22ClN/c1-10(2)9-13-8-4-6-11(13)5-3-7-12/h10-11H,3-9H2,1-2H3. The first kappa shape index (κ1) is 11.3. The van der Waals surface area contributed by atoms with Gasteiger partial charge in [0.25, 0.3) is 0 Å². The Kier molecular flexibility index (Phi) is 5.12. The van der Waals surface area contributed by atoms with Gasteiger partial charge in [-0.15, -0.1) is 11.6 Å². The molecule has 1 aliphatic heterocycles. The van der Waals surface area contributed by atoms with Gasteiger partial charge in [-0.25, -0.2) is 0 Å². The van der Waals surface area contributed by atoms with E-state index in [0.29, 0.717) is 0 Å². The van der Waals surface area contributed by atoms with Gasteiger partial charge in [-0.3, -0.25) is 0 Å². The van der Waals surface area contributed by atoms with Gasteiger partial charge in [0, 0.05) is 18.5 Å². The van der Waals surface area contributed by atoms with Crippen molar-refractivity contribution in [3.63, 3.8) is 0 Å². The molecule has 2 heteroatoms. The third kappa shape index (κ3) is 3.86. The number of halogens is 1. The predicted octanol–water partition coefficient (Wildman–Crippen LogP) is 3.13. The monoisotopic (exact) mass is 203 g/mol. The summed E-state index contributed by atoms with van der Waals surface area (Å²) in [5.41, 5.74) is 0. The molecule has 0 bridgehead atoms. The Labute approximate surface area is 87.4 Å². The van der Waals surface area contributed by atoms with Crippen LogP contribution in [0.25, 0.3) is 0 Å². The van der Waals surface area contributed by atoms with E-state index in [9.17, 15) is 0 Å². The van der Waals surface area contributed by atoms with E-state index in [1.165, 1.54) is 38.8 Å². The van der Waals surface area contributed by atoms with Crippen LogP contribution >= 0.6 is 11.6 Å². The van der Waals surface area contributed by atoms with Crippen LogP contribution in [0.3, 0.4) is 0 Å². The largest absolute Gasteiger partial charge is 0.300 e. The molecule has 1 unspecified atom stereocenters. The first-order chi connectivity index (χ1) is 6.24. The molecule has 13 heavy (non-hydrogen) atoms. The highest BCUT2D eigenvalue weighted by molar-refractivity contribution is 6.17. The van der Waals surface area contributed by atoms with Crippen molar-refractivity contribution in [2.45, 2.75) is 45.6 Å². The molecule has 78 valence electrons. The Hall–Kier alpha value is 0.250. The first-order valence-corrected chi connectivity index (χ1v) is 6.07. The summed E-state index contributed by atoms with van der Waals surface area (Å²) in [5.74, 6) is 1.63. The molecular formula is C11H22ClN. The molecule has 1 heterocycles. The molecule has 0 saturated carbocycles. The summed E-state index contributed by atoms with van der Waals surface area (Å²) in [6.45, 7) is 7.19. The smallest absolute Gasteiger partial charge is 0.0224 e. The molecule has 0 aromatic heterocycles. The van der Waals surface area contributed by atoms with Gasteiger partial charge in [0.15, 0.2) is 0 Å². The van der Waals surface area contributed by atoms with E-state index in [1.54, 1.807) is 0 Å². The molecule has 0 aromatic carbocycles. The minimum atomic E-state index is 0.802. The van der Waals surface area contributed by atoms with Gasteiger partial charge in [0.05, 0.1) is 0 Å². The molecule has 0 amide bonds. The number of hydrogen-bond acceptors (Lipinski definition) is 1. The van der Waals surface area contributed by atoms with E-state index >= 15 is 0 Å². The van der Waals surface area contributed by atoms with Crippen LogP contribution in [0.1, 0.15) is 39.5 Å². The summed E-state index contributed by atoms with van der Waals surface area (Å²) in [4.78, 5) is 2.65. The molecule has 1 saturated heterocycles. The second-order valence-corrected chi connectivity index (χ2v) is 4.89. The van der Waals surface area contributed by atoms with Crippen molar-refractivity contribution in [2.24, 2.45) is 5.92 Å². The Morgan fingerprint density at radius 3 is 2.85 bits per heavy atom. The fourth-order valence-electron chi connectivity index (χ4n) is 2.24. The zero-order valence-corrected chi connectivity index (χ0v) is 9.69. The predicted molar refractivity (Wildman–Crippen MR) is 59.4 cm³/mol. The van der Waals surface area contributed by atoms with Gasteiger partial charge in [-0.2, -0.15) is 0 Å². The second-order valence-electron chi connectivity index (χ2n) is 4.52. The van der Waals surface area contributed by atoms with Crippen LogP contribution in [0.5, 0.6) is 0 Å². The van der Waals surface area contributed by atoms with Crippen molar-refractivity contribution in [3.05, 3.63) is 0 Å². The second kappa shape index (κ2) is 5.87. The van der Waals surface area contributed by atoms with Crippen LogP contribution in [0.15, 0.2) is 0 Å². The van der Waals surface area contributed by atoms with Crippen LogP contribution in [0, 0.1) is 5.92 Å². The fraction of sp³-hybridized carbons (Fsp3) is 1.00. The molecular weight excluding hydrogens is 182 g/mol. The maximum Gasteiger partial charge on any atom is 0.0224 e. The highest BCUT2D eigenvalue weighted by Crippen LogP contribution is 2.22. The highest BCUT2D eigenvalue weighted by atomic mass is 35.5. The van der Waals surface area contributed by atoms with E-state index in [0.717, 1.165) is 17.8 Å². The highest BCUT2D eigenvalue weighted by Gasteiger charge is 2.23. The molecule has 0 aliphatic carbocycles. The van der Waals surface area contributed by atoms with Gasteiger partial charge in [-0.05, 0) is 38.1 Å². The summed E-state index contributed by atoms with van der Waals surface area (Å²) < 4.78 is 0. The minimum Gasteiger partial charge on any atom is -0.300 e. The lowest BCUT2D eigenvalue weighted by atomic mass is 10.1. The normalized spacial score (nSPS) is 24.5. The zero-order chi connectivity index (χ0) is 9.68. The van der Waals surface area contributed by atoms with Gasteiger partial charge in [0.1, 0.15) is 0 Å². The maximum atomic E-state index is 5.71. The molecule has 1 aliphatic rings. The lowest BCUT2D eigenvalue weighted by Crippen LogP contribution is -2.32. The number of hydrogen-bond donors (Lipinski definition) is 0. The van der Waals surface area contributed by atoms with Crippen molar-refractivity contribution in [1.29, 1.82) is 0 Å². The summed E-state index contributed by atoms with van der Waals surface area (Å²) in [6.07, 6.45) is 5.26. The van der Waals surface area contributed by atoms with E-state index in [-0.39, 0.29) is 0 Å². The zero-order valence-electron chi connectivity index (χ0n) is 8.93. The van der Waals surface area contributed by atoms with Gasteiger partial charge >= 0.3 is 0 Å². The number of nitrogens with zero attached hydrogens (tertiary/aromatic N) is 1. The van der Waals surface area contributed by atoms with E-state index < -0.39 is 0 Å². The average Bonchev–Trinajstić information content (AvgIpc) is 2.48. The van der Waals surface area contributed by atoms with Crippen molar-refractivity contribution in [2.75, 3.05) is 19.0 Å². The van der Waals surface area contributed by atoms with E-state index in [1.807, 2.05) is 0 Å². The summed E-state index contributed by atoms with van der Waals surface area (Å²) in [6, 6.07) is 0.834. The fourth-order valence-corrected chi connectivity index (χ4v) is 2.40. The van der Waals surface area contributed by atoms with Crippen LogP contribution in [-0.2, 0) is 0 Å². The Morgan fingerprint density at radius 1 is 1.46 bits per heavy atom. The lowest BCUT2D eigenvalue weighted by molar-refractivity contribution is 0.217. The van der Waals surface area contributed by atoms with Gasteiger partial charge in [0.2, 0.25) is 0 Å². The van der Waals surface area contributed by atoms with Crippen LogP contribution in [0.4, 0.5) is 0 Å².